The molecule has 0 aromatic heterocycles. The van der Waals surface area contributed by atoms with Crippen LogP contribution < -0.4 is 0 Å². The molecule has 0 heterocycles. The lowest BCUT2D eigenvalue weighted by atomic mass is 9.70. The zero-order valence-electron chi connectivity index (χ0n) is 9.21. The smallest absolute Gasteiger partial charge is 0.396 e. The third-order valence-electron chi connectivity index (χ3n) is 3.14. The first-order valence-corrected chi connectivity index (χ1v) is 6.22. The maximum atomic E-state index is 13.1. The normalized spacial score (nSPS) is 30.4. The molecule has 1 rings (SSSR count). The van der Waals surface area contributed by atoms with E-state index in [-0.39, 0.29) is 6.42 Å². The molecule has 0 saturated heterocycles. The van der Waals surface area contributed by atoms with E-state index in [1.807, 2.05) is 0 Å². The Hall–Kier alpha value is -0.420. The van der Waals surface area contributed by atoms with Crippen LogP contribution in [-0.2, 0) is 0 Å². The monoisotopic (exact) mass is 252 g/mol. The van der Waals surface area contributed by atoms with Crippen molar-refractivity contribution in [3.8, 4) is 0 Å². The molecule has 0 amide bonds. The first kappa shape index (κ1) is 13.6. The van der Waals surface area contributed by atoms with Gasteiger partial charge in [0.1, 0.15) is 0 Å². The van der Waals surface area contributed by atoms with E-state index in [4.69, 9.17) is 5.11 Å². The molecule has 0 radical (unpaired) electrons. The molecule has 5 heteroatoms. The fourth-order valence-corrected chi connectivity index (χ4v) is 2.85. The molecular weight excluding hydrogens is 237 g/mol. The van der Waals surface area contributed by atoms with Gasteiger partial charge in [-0.3, -0.25) is 0 Å². The second kappa shape index (κ2) is 4.84. The lowest BCUT2D eigenvalue weighted by molar-refractivity contribution is -0.222. The number of hydrogen-bond donors (Lipinski definition) is 1. The zero-order valence-corrected chi connectivity index (χ0v) is 10.0. The number of aliphatic hydroxyl groups is 1. The topological polar surface area (TPSA) is 20.2 Å². The number of alkyl halides is 3. The zero-order chi connectivity index (χ0) is 12.4. The van der Waals surface area contributed by atoms with Crippen molar-refractivity contribution >= 4 is 11.8 Å². The number of rotatable bonds is 3. The summed E-state index contributed by atoms with van der Waals surface area (Å²) in [7, 11) is 0. The molecule has 1 N–H and O–H groups in total. The number of thioether (sulfide) groups is 1. The number of aliphatic hydroxyl groups excluding tert-OH is 1. The summed E-state index contributed by atoms with van der Waals surface area (Å²) < 4.78 is 39.4. The molecule has 16 heavy (non-hydrogen) atoms. The van der Waals surface area contributed by atoms with Gasteiger partial charge in [0.2, 0.25) is 0 Å². The van der Waals surface area contributed by atoms with Gasteiger partial charge in [0.25, 0.3) is 0 Å². The third-order valence-corrected chi connectivity index (χ3v) is 4.10. The van der Waals surface area contributed by atoms with Gasteiger partial charge in [-0.15, -0.1) is 11.8 Å². The van der Waals surface area contributed by atoms with Gasteiger partial charge in [-0.25, -0.2) is 0 Å². The van der Waals surface area contributed by atoms with E-state index in [9.17, 15) is 13.2 Å². The highest BCUT2D eigenvalue weighted by Crippen LogP contribution is 2.53. The molecule has 0 saturated carbocycles. The highest BCUT2D eigenvalue weighted by Gasteiger charge is 2.56. The van der Waals surface area contributed by atoms with Crippen molar-refractivity contribution in [3.05, 3.63) is 23.1 Å². The Labute approximate surface area is 97.4 Å². The van der Waals surface area contributed by atoms with Crippen molar-refractivity contribution in [1.29, 1.82) is 0 Å². The predicted octanol–water partition coefficient (Wildman–Crippen LogP) is 3.37. The molecule has 2 unspecified atom stereocenters. The molecule has 0 bridgehead atoms. The molecule has 0 spiro atoms. The molecule has 2 atom stereocenters. The average molecular weight is 252 g/mol. The van der Waals surface area contributed by atoms with Crippen molar-refractivity contribution in [3.63, 3.8) is 0 Å². The van der Waals surface area contributed by atoms with Crippen LogP contribution in [0.3, 0.4) is 0 Å². The minimum Gasteiger partial charge on any atom is -0.396 e. The largest absolute Gasteiger partial charge is 0.398 e. The molecule has 92 valence electrons. The van der Waals surface area contributed by atoms with Crippen molar-refractivity contribution in [2.75, 3.05) is 12.9 Å². The number of halogens is 3. The third kappa shape index (κ3) is 2.15. The number of hydrogen-bond acceptors (Lipinski definition) is 2. The lowest BCUT2D eigenvalue weighted by Gasteiger charge is -2.40. The fourth-order valence-electron chi connectivity index (χ4n) is 2.07. The van der Waals surface area contributed by atoms with E-state index in [0.717, 1.165) is 0 Å². The highest BCUT2D eigenvalue weighted by molar-refractivity contribution is 8.02. The summed E-state index contributed by atoms with van der Waals surface area (Å²) in [4.78, 5) is 0.702. The van der Waals surface area contributed by atoms with Crippen LogP contribution in [0.5, 0.6) is 0 Å². The number of allylic oxidation sites excluding steroid dienone is 4. The van der Waals surface area contributed by atoms with Crippen molar-refractivity contribution in [2.45, 2.75) is 19.5 Å². The van der Waals surface area contributed by atoms with E-state index in [2.05, 4.69) is 0 Å². The van der Waals surface area contributed by atoms with Crippen LogP contribution >= 0.6 is 11.8 Å². The van der Waals surface area contributed by atoms with E-state index >= 15 is 0 Å². The lowest BCUT2D eigenvalue weighted by Crippen LogP contribution is -2.44. The molecule has 0 aromatic rings. The Bertz CT molecular complexity index is 309. The predicted molar refractivity (Wildman–Crippen MR) is 60.1 cm³/mol. The van der Waals surface area contributed by atoms with E-state index < -0.39 is 24.1 Å². The summed E-state index contributed by atoms with van der Waals surface area (Å²) in [6, 6.07) is 0. The minimum atomic E-state index is -4.33. The maximum Gasteiger partial charge on any atom is 0.398 e. The summed E-state index contributed by atoms with van der Waals surface area (Å²) in [5.41, 5.74) is -1.92. The first-order chi connectivity index (χ1) is 7.39. The van der Waals surface area contributed by atoms with E-state index in [1.165, 1.54) is 23.9 Å². The van der Waals surface area contributed by atoms with Gasteiger partial charge in [0.05, 0.1) is 5.41 Å². The van der Waals surface area contributed by atoms with Gasteiger partial charge in [-0.05, 0) is 17.6 Å². The van der Waals surface area contributed by atoms with Crippen LogP contribution in [0.15, 0.2) is 23.1 Å². The Balaban J connectivity index is 3.14. The Morgan fingerprint density at radius 3 is 2.56 bits per heavy atom. The highest BCUT2D eigenvalue weighted by atomic mass is 32.2. The van der Waals surface area contributed by atoms with Crippen LogP contribution in [0.4, 0.5) is 13.2 Å². The first-order valence-electron chi connectivity index (χ1n) is 5.00. The van der Waals surface area contributed by atoms with Gasteiger partial charge in [0, 0.05) is 12.5 Å². The molecule has 0 aromatic carbocycles. The second-order valence-corrected chi connectivity index (χ2v) is 4.75. The van der Waals surface area contributed by atoms with Gasteiger partial charge in [-0.2, -0.15) is 13.2 Å². The van der Waals surface area contributed by atoms with Crippen LogP contribution in [0.2, 0.25) is 0 Å². The maximum absolute atomic E-state index is 13.1. The Morgan fingerprint density at radius 2 is 2.12 bits per heavy atom. The molecule has 1 nitrogen and oxygen atoms in total. The Kier molecular flexibility index (Phi) is 4.12. The summed E-state index contributed by atoms with van der Waals surface area (Å²) in [5.74, 6) is -0.639. The van der Waals surface area contributed by atoms with E-state index in [1.54, 1.807) is 19.3 Å². The van der Waals surface area contributed by atoms with Gasteiger partial charge in [0.15, 0.2) is 0 Å². The molecule has 0 fully saturated rings. The second-order valence-electron chi connectivity index (χ2n) is 3.87. The summed E-state index contributed by atoms with van der Waals surface area (Å²) in [5, 5.41) is 8.86. The average Bonchev–Trinajstić information content (AvgIpc) is 2.20. The minimum absolute atomic E-state index is 0.286. The van der Waals surface area contributed by atoms with E-state index in [0.29, 0.717) is 4.91 Å². The molecule has 1 aliphatic rings. The standard InChI is InChI=1S/C11H15F3OS/c1-8-9(16-2)4-3-5-10(8,6-7-15)11(12,13)14/h3-5,8,15H,6-7H2,1-2H3. The summed E-state index contributed by atoms with van der Waals surface area (Å²) >= 11 is 1.33. The quantitative estimate of drug-likeness (QED) is 0.831. The van der Waals surface area contributed by atoms with Crippen LogP contribution in [-0.4, -0.2) is 24.1 Å². The summed E-state index contributed by atoms with van der Waals surface area (Å²) in [6.45, 7) is 1.10. The van der Waals surface area contributed by atoms with Crippen molar-refractivity contribution < 1.29 is 18.3 Å². The van der Waals surface area contributed by atoms with Crippen LogP contribution in [0, 0.1) is 11.3 Å². The van der Waals surface area contributed by atoms with Gasteiger partial charge in [-0.1, -0.05) is 25.2 Å². The molecule has 0 aliphatic heterocycles. The molecular formula is C11H15F3OS. The molecule has 1 aliphatic carbocycles. The Morgan fingerprint density at radius 1 is 1.50 bits per heavy atom. The fraction of sp³-hybridized carbons (Fsp3) is 0.636. The van der Waals surface area contributed by atoms with Crippen molar-refractivity contribution in [2.24, 2.45) is 11.3 Å². The van der Waals surface area contributed by atoms with Gasteiger partial charge >= 0.3 is 6.18 Å². The van der Waals surface area contributed by atoms with Crippen molar-refractivity contribution in [1.82, 2.24) is 0 Å². The summed E-state index contributed by atoms with van der Waals surface area (Å²) in [6.07, 6.45) is 1.47. The SMILES string of the molecule is CSC1=CC=CC(CCO)(C(F)(F)F)C1C. The van der Waals surface area contributed by atoms with Gasteiger partial charge < -0.3 is 5.11 Å². The van der Waals surface area contributed by atoms with Crippen LogP contribution in [0.1, 0.15) is 13.3 Å². The van der Waals surface area contributed by atoms with Crippen LogP contribution in [0.25, 0.3) is 0 Å².